The van der Waals surface area contributed by atoms with Crippen LogP contribution in [0.15, 0.2) is 36.9 Å². The first-order valence-electron chi connectivity index (χ1n) is 5.84. The van der Waals surface area contributed by atoms with Gasteiger partial charge in [-0.3, -0.25) is 4.68 Å². The highest BCUT2D eigenvalue weighted by atomic mass is 15.3. The van der Waals surface area contributed by atoms with Crippen molar-refractivity contribution in [2.45, 2.75) is 13.5 Å². The van der Waals surface area contributed by atoms with Crippen molar-refractivity contribution in [3.8, 4) is 0 Å². The van der Waals surface area contributed by atoms with Crippen molar-refractivity contribution < 1.29 is 0 Å². The van der Waals surface area contributed by atoms with Crippen LogP contribution in [0.3, 0.4) is 0 Å². The fourth-order valence-corrected chi connectivity index (χ4v) is 1.91. The van der Waals surface area contributed by atoms with E-state index in [-0.39, 0.29) is 0 Å². The number of aromatic nitrogens is 5. The Morgan fingerprint density at radius 1 is 1.28 bits per heavy atom. The van der Waals surface area contributed by atoms with Gasteiger partial charge in [0.1, 0.15) is 12.1 Å². The van der Waals surface area contributed by atoms with E-state index in [9.17, 15) is 0 Å². The number of fused-ring (bicyclic) bond motifs is 1. The number of hydrogen-bond acceptors (Lipinski definition) is 4. The zero-order chi connectivity index (χ0) is 12.4. The smallest absolute Gasteiger partial charge is 0.157 e. The summed E-state index contributed by atoms with van der Waals surface area (Å²) in [6.07, 6.45) is 5.29. The van der Waals surface area contributed by atoms with Crippen molar-refractivity contribution in [2.24, 2.45) is 0 Å². The average Bonchev–Trinajstić information content (AvgIpc) is 2.98. The molecule has 3 rings (SSSR count). The predicted molar refractivity (Wildman–Crippen MR) is 68.4 cm³/mol. The van der Waals surface area contributed by atoms with Crippen molar-refractivity contribution in [1.29, 1.82) is 0 Å². The number of rotatable bonds is 4. The van der Waals surface area contributed by atoms with Crippen molar-refractivity contribution in [3.05, 3.63) is 42.5 Å². The number of pyridine rings is 1. The minimum absolute atomic E-state index is 0.792. The second-order valence-corrected chi connectivity index (χ2v) is 4.14. The van der Waals surface area contributed by atoms with Crippen LogP contribution in [-0.4, -0.2) is 30.9 Å². The molecule has 0 amide bonds. The second kappa shape index (κ2) is 4.48. The van der Waals surface area contributed by atoms with Crippen LogP contribution < -0.4 is 5.32 Å². The van der Waals surface area contributed by atoms with Crippen LogP contribution in [0, 0.1) is 6.92 Å². The molecule has 92 valence electrons. The molecule has 0 unspecified atom stereocenters. The molecule has 0 spiro atoms. The number of nitrogens with one attached hydrogen (secondary N) is 1. The normalized spacial score (nSPS) is 10.9. The standard InChI is InChI=1S/C12H14N6/c1-10-7-11(18-12(8-10)14-9-16-18)13-4-6-17-5-2-3-15-17/h2-3,5,7-9,13H,4,6H2,1H3. The molecule has 0 atom stereocenters. The van der Waals surface area contributed by atoms with E-state index in [2.05, 4.69) is 26.6 Å². The van der Waals surface area contributed by atoms with Crippen molar-refractivity contribution in [1.82, 2.24) is 24.4 Å². The van der Waals surface area contributed by atoms with Gasteiger partial charge in [0.2, 0.25) is 0 Å². The second-order valence-electron chi connectivity index (χ2n) is 4.14. The van der Waals surface area contributed by atoms with Crippen molar-refractivity contribution in [2.75, 3.05) is 11.9 Å². The first kappa shape index (κ1) is 10.8. The molecule has 3 heterocycles. The molecule has 0 aliphatic rings. The lowest BCUT2D eigenvalue weighted by molar-refractivity contribution is 0.636. The first-order chi connectivity index (χ1) is 8.83. The lowest BCUT2D eigenvalue weighted by atomic mass is 10.3. The van der Waals surface area contributed by atoms with E-state index in [0.717, 1.165) is 30.1 Å². The largest absolute Gasteiger partial charge is 0.368 e. The van der Waals surface area contributed by atoms with E-state index in [1.165, 1.54) is 0 Å². The number of aryl methyl sites for hydroxylation is 1. The Morgan fingerprint density at radius 3 is 3.06 bits per heavy atom. The van der Waals surface area contributed by atoms with E-state index in [0.29, 0.717) is 0 Å². The van der Waals surface area contributed by atoms with Crippen LogP contribution in [0.4, 0.5) is 5.82 Å². The summed E-state index contributed by atoms with van der Waals surface area (Å²) in [6.45, 7) is 3.66. The maximum atomic E-state index is 4.20. The lowest BCUT2D eigenvalue weighted by Crippen LogP contribution is -2.13. The summed E-state index contributed by atoms with van der Waals surface area (Å²) in [6, 6.07) is 5.98. The van der Waals surface area contributed by atoms with E-state index in [1.807, 2.05) is 29.9 Å². The van der Waals surface area contributed by atoms with Gasteiger partial charge in [0.25, 0.3) is 0 Å². The molecule has 0 aromatic carbocycles. The average molecular weight is 242 g/mol. The third kappa shape index (κ3) is 2.04. The quantitative estimate of drug-likeness (QED) is 0.750. The van der Waals surface area contributed by atoms with E-state index in [4.69, 9.17) is 0 Å². The van der Waals surface area contributed by atoms with Gasteiger partial charge >= 0.3 is 0 Å². The highest BCUT2D eigenvalue weighted by Crippen LogP contribution is 2.12. The summed E-state index contributed by atoms with van der Waals surface area (Å²) < 4.78 is 3.69. The van der Waals surface area contributed by atoms with Gasteiger partial charge in [-0.25, -0.2) is 4.98 Å². The Labute approximate surface area is 104 Å². The maximum absolute atomic E-state index is 4.20. The van der Waals surface area contributed by atoms with Gasteiger partial charge < -0.3 is 5.32 Å². The molecule has 1 N–H and O–H groups in total. The SMILES string of the molecule is Cc1cc(NCCn2cccn2)n2ncnc2c1. The fraction of sp³-hybridized carbons (Fsp3) is 0.250. The van der Waals surface area contributed by atoms with Gasteiger partial charge in [0.05, 0.1) is 6.54 Å². The van der Waals surface area contributed by atoms with Crippen LogP contribution in [0.2, 0.25) is 0 Å². The predicted octanol–water partition coefficient (Wildman–Crippen LogP) is 1.35. The van der Waals surface area contributed by atoms with Gasteiger partial charge in [-0.2, -0.15) is 14.7 Å². The molecule has 3 aromatic rings. The van der Waals surface area contributed by atoms with Crippen molar-refractivity contribution >= 4 is 11.5 Å². The van der Waals surface area contributed by atoms with Gasteiger partial charge in [-0.1, -0.05) is 0 Å². The van der Waals surface area contributed by atoms with Gasteiger partial charge in [-0.15, -0.1) is 0 Å². The molecular weight excluding hydrogens is 228 g/mol. The molecule has 0 radical (unpaired) electrons. The van der Waals surface area contributed by atoms with Crippen molar-refractivity contribution in [3.63, 3.8) is 0 Å². The molecule has 0 aliphatic carbocycles. The molecule has 6 nitrogen and oxygen atoms in total. The van der Waals surface area contributed by atoms with E-state index >= 15 is 0 Å². The molecule has 0 saturated carbocycles. The summed E-state index contributed by atoms with van der Waals surface area (Å²) in [5.41, 5.74) is 2.02. The number of hydrogen-bond donors (Lipinski definition) is 1. The molecule has 3 aromatic heterocycles. The first-order valence-corrected chi connectivity index (χ1v) is 5.84. The van der Waals surface area contributed by atoms with Crippen LogP contribution in [0.1, 0.15) is 5.56 Å². The minimum Gasteiger partial charge on any atom is -0.368 e. The highest BCUT2D eigenvalue weighted by molar-refractivity contribution is 5.51. The van der Waals surface area contributed by atoms with Crippen LogP contribution >= 0.6 is 0 Å². The Balaban J connectivity index is 1.75. The molecule has 0 bridgehead atoms. The third-order valence-electron chi connectivity index (χ3n) is 2.73. The Bertz CT molecular complexity index is 640. The Morgan fingerprint density at radius 2 is 2.22 bits per heavy atom. The molecule has 0 aliphatic heterocycles. The lowest BCUT2D eigenvalue weighted by Gasteiger charge is -2.09. The van der Waals surface area contributed by atoms with E-state index < -0.39 is 0 Å². The molecule has 0 fully saturated rings. The summed E-state index contributed by atoms with van der Waals surface area (Å²) >= 11 is 0. The Hall–Kier alpha value is -2.37. The summed E-state index contributed by atoms with van der Waals surface area (Å²) in [4.78, 5) is 4.19. The van der Waals surface area contributed by atoms with E-state index in [1.54, 1.807) is 17.0 Å². The number of anilines is 1. The monoisotopic (exact) mass is 242 g/mol. The fourth-order valence-electron chi connectivity index (χ4n) is 1.91. The maximum Gasteiger partial charge on any atom is 0.157 e. The van der Waals surface area contributed by atoms with Gasteiger partial charge in [-0.05, 0) is 30.7 Å². The Kier molecular flexibility index (Phi) is 2.68. The summed E-state index contributed by atoms with van der Waals surface area (Å²) in [7, 11) is 0. The topological polar surface area (TPSA) is 60.0 Å². The summed E-state index contributed by atoms with van der Waals surface area (Å²) in [5, 5.41) is 11.7. The molecule has 0 saturated heterocycles. The molecule has 18 heavy (non-hydrogen) atoms. The van der Waals surface area contributed by atoms with Crippen LogP contribution in [-0.2, 0) is 6.54 Å². The van der Waals surface area contributed by atoms with Crippen LogP contribution in [0.5, 0.6) is 0 Å². The number of nitrogens with zero attached hydrogens (tertiary/aromatic N) is 5. The molecule has 6 heteroatoms. The van der Waals surface area contributed by atoms with Gasteiger partial charge in [0, 0.05) is 18.9 Å². The zero-order valence-corrected chi connectivity index (χ0v) is 10.1. The van der Waals surface area contributed by atoms with Gasteiger partial charge in [0.15, 0.2) is 5.65 Å². The molecular formula is C12H14N6. The zero-order valence-electron chi connectivity index (χ0n) is 10.1. The third-order valence-corrected chi connectivity index (χ3v) is 2.73. The highest BCUT2D eigenvalue weighted by Gasteiger charge is 2.03. The summed E-state index contributed by atoms with van der Waals surface area (Å²) in [5.74, 6) is 0.953. The minimum atomic E-state index is 0.792. The van der Waals surface area contributed by atoms with Crippen LogP contribution in [0.25, 0.3) is 5.65 Å².